The quantitative estimate of drug-likeness (QED) is 0.877. The predicted octanol–water partition coefficient (Wildman–Crippen LogP) is 2.18. The zero-order valence-electron chi connectivity index (χ0n) is 12.5. The molecule has 7 heteroatoms. The molecular formula is C16H14F2N2O3. The van der Waals surface area contributed by atoms with Crippen LogP contribution in [0.2, 0.25) is 0 Å². The molecule has 1 N–H and O–H groups in total. The maximum atomic E-state index is 14.1. The van der Waals surface area contributed by atoms with E-state index in [9.17, 15) is 18.4 Å². The first kappa shape index (κ1) is 16.5. The predicted molar refractivity (Wildman–Crippen MR) is 77.4 cm³/mol. The first-order valence-corrected chi connectivity index (χ1v) is 6.66. The largest absolute Gasteiger partial charge is 0.467 e. The number of nitrogens with one attached hydrogen (secondary N) is 1. The molecule has 5 nitrogen and oxygen atoms in total. The van der Waals surface area contributed by atoms with Gasteiger partial charge in [-0.1, -0.05) is 6.07 Å². The van der Waals surface area contributed by atoms with Crippen molar-refractivity contribution in [1.82, 2.24) is 10.3 Å². The zero-order valence-corrected chi connectivity index (χ0v) is 12.5. The van der Waals surface area contributed by atoms with Crippen LogP contribution in [0.15, 0.2) is 42.6 Å². The van der Waals surface area contributed by atoms with Gasteiger partial charge in [0.15, 0.2) is 5.54 Å². The molecule has 1 amide bonds. The molecule has 23 heavy (non-hydrogen) atoms. The Labute approximate surface area is 131 Å². The Morgan fingerprint density at radius 2 is 1.96 bits per heavy atom. The lowest BCUT2D eigenvalue weighted by atomic mass is 9.91. The fourth-order valence-corrected chi connectivity index (χ4v) is 2.10. The number of benzene rings is 1. The highest BCUT2D eigenvalue weighted by atomic mass is 19.1. The van der Waals surface area contributed by atoms with Crippen molar-refractivity contribution in [3.05, 3.63) is 65.5 Å². The number of aromatic nitrogens is 1. The molecule has 0 unspecified atom stereocenters. The van der Waals surface area contributed by atoms with E-state index in [1.54, 1.807) is 12.1 Å². The van der Waals surface area contributed by atoms with Gasteiger partial charge in [-0.15, -0.1) is 0 Å². The number of ether oxygens (including phenoxy) is 1. The number of halogens is 2. The van der Waals surface area contributed by atoms with Crippen molar-refractivity contribution in [3.8, 4) is 0 Å². The second kappa shape index (κ2) is 6.51. The summed E-state index contributed by atoms with van der Waals surface area (Å²) in [5.74, 6) is -3.25. The van der Waals surface area contributed by atoms with Crippen molar-refractivity contribution >= 4 is 11.9 Å². The Balaban J connectivity index is 2.46. The summed E-state index contributed by atoms with van der Waals surface area (Å²) in [6.07, 6.45) is 1.40. The molecule has 0 aliphatic heterocycles. The summed E-state index contributed by atoms with van der Waals surface area (Å²) < 4.78 is 32.2. The van der Waals surface area contributed by atoms with Gasteiger partial charge in [0.2, 0.25) is 0 Å². The van der Waals surface area contributed by atoms with Crippen LogP contribution in [0.3, 0.4) is 0 Å². The highest BCUT2D eigenvalue weighted by Crippen LogP contribution is 2.26. The molecule has 1 atom stereocenters. The Hall–Kier alpha value is -2.83. The van der Waals surface area contributed by atoms with Crippen LogP contribution in [0.1, 0.15) is 23.0 Å². The van der Waals surface area contributed by atoms with E-state index in [2.05, 4.69) is 15.0 Å². The maximum Gasteiger partial charge on any atom is 0.336 e. The smallest absolute Gasteiger partial charge is 0.336 e. The van der Waals surface area contributed by atoms with Crippen molar-refractivity contribution in [1.29, 1.82) is 0 Å². The second-order valence-electron chi connectivity index (χ2n) is 4.91. The fraction of sp³-hybridized carbons (Fsp3) is 0.188. The standard InChI is InChI=1S/C16H14F2N2O3/c1-16(15(22)23-2,11-9-10(17)6-7-12(11)18)20-14(21)13-5-3-4-8-19-13/h3-9H,1-2H3,(H,20,21)/t16-/m1/s1. The fourth-order valence-electron chi connectivity index (χ4n) is 2.10. The van der Waals surface area contributed by atoms with E-state index in [0.29, 0.717) is 0 Å². The van der Waals surface area contributed by atoms with Gasteiger partial charge in [-0.3, -0.25) is 9.78 Å². The van der Waals surface area contributed by atoms with E-state index in [4.69, 9.17) is 0 Å². The summed E-state index contributed by atoms with van der Waals surface area (Å²) in [5, 5.41) is 2.36. The van der Waals surface area contributed by atoms with Crippen LogP contribution >= 0.6 is 0 Å². The van der Waals surface area contributed by atoms with E-state index in [1.165, 1.54) is 19.2 Å². The highest BCUT2D eigenvalue weighted by molar-refractivity contribution is 5.97. The number of carbonyl (C=O) groups is 2. The average Bonchev–Trinajstić information content (AvgIpc) is 2.56. The number of amides is 1. The minimum Gasteiger partial charge on any atom is -0.467 e. The van der Waals surface area contributed by atoms with Gasteiger partial charge in [-0.25, -0.2) is 13.6 Å². The first-order chi connectivity index (χ1) is 10.9. The number of rotatable bonds is 4. The van der Waals surface area contributed by atoms with Crippen LogP contribution in [-0.2, 0) is 15.1 Å². The van der Waals surface area contributed by atoms with Crippen molar-refractivity contribution in [2.45, 2.75) is 12.5 Å². The van der Waals surface area contributed by atoms with Gasteiger partial charge >= 0.3 is 5.97 Å². The topological polar surface area (TPSA) is 68.3 Å². The summed E-state index contributed by atoms with van der Waals surface area (Å²) in [5.41, 5.74) is -2.22. The second-order valence-corrected chi connectivity index (χ2v) is 4.91. The Bertz CT molecular complexity index is 737. The van der Waals surface area contributed by atoms with E-state index in [-0.39, 0.29) is 11.3 Å². The number of pyridine rings is 1. The van der Waals surface area contributed by atoms with Gasteiger partial charge < -0.3 is 10.1 Å². The van der Waals surface area contributed by atoms with Gasteiger partial charge in [0.05, 0.1) is 7.11 Å². The summed E-state index contributed by atoms with van der Waals surface area (Å²) in [6, 6.07) is 7.25. The normalized spacial score (nSPS) is 13.0. The van der Waals surface area contributed by atoms with Crippen LogP contribution in [0.5, 0.6) is 0 Å². The van der Waals surface area contributed by atoms with Crippen molar-refractivity contribution in [3.63, 3.8) is 0 Å². The number of hydrogen-bond donors (Lipinski definition) is 1. The molecule has 0 aliphatic carbocycles. The molecule has 0 bridgehead atoms. The third-order valence-corrected chi connectivity index (χ3v) is 3.32. The molecule has 2 rings (SSSR count). The van der Waals surface area contributed by atoms with E-state index in [1.807, 2.05) is 0 Å². The van der Waals surface area contributed by atoms with Gasteiger partial charge in [0.1, 0.15) is 17.3 Å². The van der Waals surface area contributed by atoms with Gasteiger partial charge in [0, 0.05) is 11.8 Å². The minimum atomic E-state index is -1.91. The molecule has 0 aliphatic rings. The third-order valence-electron chi connectivity index (χ3n) is 3.32. The molecule has 1 heterocycles. The number of hydrogen-bond acceptors (Lipinski definition) is 4. The van der Waals surface area contributed by atoms with Crippen LogP contribution in [0.25, 0.3) is 0 Å². The zero-order chi connectivity index (χ0) is 17.0. The number of carbonyl (C=O) groups excluding carboxylic acids is 2. The van der Waals surface area contributed by atoms with E-state index >= 15 is 0 Å². The molecule has 1 aromatic carbocycles. The summed E-state index contributed by atoms with van der Waals surface area (Å²) in [4.78, 5) is 28.2. The average molecular weight is 320 g/mol. The molecule has 0 saturated carbocycles. The number of esters is 1. The molecule has 0 radical (unpaired) electrons. The van der Waals surface area contributed by atoms with Crippen LogP contribution in [0, 0.1) is 11.6 Å². The molecule has 0 fully saturated rings. The van der Waals surface area contributed by atoms with E-state index in [0.717, 1.165) is 25.3 Å². The number of methoxy groups -OCH3 is 1. The molecule has 2 aromatic rings. The monoisotopic (exact) mass is 320 g/mol. The molecule has 0 saturated heterocycles. The molecule has 0 spiro atoms. The van der Waals surface area contributed by atoms with Crippen molar-refractivity contribution in [2.75, 3.05) is 7.11 Å². The lowest BCUT2D eigenvalue weighted by Gasteiger charge is -2.28. The van der Waals surface area contributed by atoms with Crippen LogP contribution in [-0.4, -0.2) is 24.0 Å². The first-order valence-electron chi connectivity index (χ1n) is 6.66. The summed E-state index contributed by atoms with van der Waals surface area (Å²) in [7, 11) is 1.09. The summed E-state index contributed by atoms with van der Waals surface area (Å²) in [6.45, 7) is 1.23. The summed E-state index contributed by atoms with van der Waals surface area (Å²) >= 11 is 0. The van der Waals surface area contributed by atoms with Gasteiger partial charge in [-0.05, 0) is 37.3 Å². The van der Waals surface area contributed by atoms with Crippen LogP contribution < -0.4 is 5.32 Å². The Morgan fingerprint density at radius 3 is 2.57 bits per heavy atom. The van der Waals surface area contributed by atoms with Crippen molar-refractivity contribution < 1.29 is 23.1 Å². The molecule has 1 aromatic heterocycles. The van der Waals surface area contributed by atoms with Gasteiger partial charge in [-0.2, -0.15) is 0 Å². The van der Waals surface area contributed by atoms with Crippen molar-refractivity contribution in [2.24, 2.45) is 0 Å². The third kappa shape index (κ3) is 3.33. The lowest BCUT2D eigenvalue weighted by Crippen LogP contribution is -2.51. The van der Waals surface area contributed by atoms with Crippen LogP contribution in [0.4, 0.5) is 8.78 Å². The number of nitrogens with zero attached hydrogens (tertiary/aromatic N) is 1. The minimum absolute atomic E-state index is 0.0273. The molecular weight excluding hydrogens is 306 g/mol. The maximum absolute atomic E-state index is 14.1. The Morgan fingerprint density at radius 1 is 1.22 bits per heavy atom. The molecule has 120 valence electrons. The lowest BCUT2D eigenvalue weighted by molar-refractivity contribution is -0.148. The highest BCUT2D eigenvalue weighted by Gasteiger charge is 2.41. The SMILES string of the molecule is COC(=O)[C@](C)(NC(=O)c1ccccn1)c1cc(F)ccc1F. The Kier molecular flexibility index (Phi) is 4.68. The van der Waals surface area contributed by atoms with Gasteiger partial charge in [0.25, 0.3) is 5.91 Å². The van der Waals surface area contributed by atoms with E-state index < -0.39 is 29.0 Å².